The second-order valence-electron chi connectivity index (χ2n) is 5.48. The van der Waals surface area contributed by atoms with Crippen molar-refractivity contribution in [3.05, 3.63) is 28.1 Å². The molecular weight excluding hydrogens is 288 g/mol. The van der Waals surface area contributed by atoms with E-state index in [-0.39, 0.29) is 11.0 Å². The van der Waals surface area contributed by atoms with Gasteiger partial charge in [-0.3, -0.25) is 9.36 Å². The maximum absolute atomic E-state index is 12.5. The summed E-state index contributed by atoms with van der Waals surface area (Å²) >= 11 is 6.08. The second-order valence-corrected chi connectivity index (χ2v) is 6.69. The van der Waals surface area contributed by atoms with E-state index in [0.29, 0.717) is 0 Å². The van der Waals surface area contributed by atoms with Crippen LogP contribution in [0.1, 0.15) is 39.5 Å². The van der Waals surface area contributed by atoms with Crippen LogP contribution in [0.5, 0.6) is 0 Å². The van der Waals surface area contributed by atoms with Gasteiger partial charge in [-0.1, -0.05) is 26.7 Å². The fraction of sp³-hybridized carbons (Fsp3) is 0.600. The Morgan fingerprint density at radius 2 is 2.05 bits per heavy atom. The van der Waals surface area contributed by atoms with Crippen LogP contribution in [0.25, 0.3) is 10.2 Å². The first-order valence-corrected chi connectivity index (χ1v) is 8.70. The van der Waals surface area contributed by atoms with E-state index in [9.17, 15) is 4.79 Å². The summed E-state index contributed by atoms with van der Waals surface area (Å²) < 4.78 is 1.77. The third-order valence-corrected chi connectivity index (χ3v) is 5.34. The Balaban J connectivity index is 2.37. The van der Waals surface area contributed by atoms with E-state index >= 15 is 0 Å². The summed E-state index contributed by atoms with van der Waals surface area (Å²) in [7, 11) is 0. The molecule has 0 aliphatic rings. The Morgan fingerprint density at radius 1 is 1.35 bits per heavy atom. The van der Waals surface area contributed by atoms with Gasteiger partial charge in [0.1, 0.15) is 4.83 Å². The van der Waals surface area contributed by atoms with E-state index in [1.807, 2.05) is 11.4 Å². The average molecular weight is 310 g/mol. The molecule has 2 heterocycles. The van der Waals surface area contributed by atoms with Crippen molar-refractivity contribution in [1.82, 2.24) is 9.55 Å². The third kappa shape index (κ3) is 3.09. The molecule has 0 N–H and O–H groups in total. The molecule has 0 unspecified atom stereocenters. The summed E-state index contributed by atoms with van der Waals surface area (Å²) in [6, 6.07) is 1.87. The highest BCUT2D eigenvalue weighted by Gasteiger charge is 2.28. The first kappa shape index (κ1) is 15.6. The van der Waals surface area contributed by atoms with Crippen molar-refractivity contribution in [3.63, 3.8) is 0 Å². The highest BCUT2D eigenvalue weighted by molar-refractivity contribution is 7.80. The Labute approximate surface area is 129 Å². The largest absolute Gasteiger partial charge is 0.298 e. The van der Waals surface area contributed by atoms with Crippen molar-refractivity contribution >= 4 is 34.2 Å². The molecule has 0 aliphatic carbocycles. The van der Waals surface area contributed by atoms with Gasteiger partial charge in [-0.15, -0.1) is 11.3 Å². The molecular formula is C15H22N2OS2. The first-order chi connectivity index (χ1) is 9.65. The van der Waals surface area contributed by atoms with Crippen molar-refractivity contribution in [2.45, 2.75) is 46.1 Å². The molecule has 0 saturated carbocycles. The molecule has 5 heteroatoms. The number of rotatable bonds is 7. The maximum Gasteiger partial charge on any atom is 0.262 e. The van der Waals surface area contributed by atoms with Gasteiger partial charge in [0, 0.05) is 6.54 Å². The maximum atomic E-state index is 12.5. The average Bonchev–Trinajstić information content (AvgIpc) is 2.91. The number of thiophene rings is 1. The molecule has 2 rings (SSSR count). The Hall–Kier alpha value is -0.810. The van der Waals surface area contributed by atoms with Gasteiger partial charge in [0.2, 0.25) is 0 Å². The number of aromatic nitrogens is 2. The zero-order valence-corrected chi connectivity index (χ0v) is 13.8. The van der Waals surface area contributed by atoms with Crippen molar-refractivity contribution in [2.24, 2.45) is 5.41 Å². The van der Waals surface area contributed by atoms with Crippen LogP contribution >= 0.6 is 24.0 Å². The van der Waals surface area contributed by atoms with E-state index in [1.165, 1.54) is 11.3 Å². The molecule has 0 amide bonds. The minimum atomic E-state index is 0.0783. The molecule has 20 heavy (non-hydrogen) atoms. The predicted molar refractivity (Wildman–Crippen MR) is 90.0 cm³/mol. The number of nitrogens with zero attached hydrogens (tertiary/aromatic N) is 2. The van der Waals surface area contributed by atoms with E-state index in [1.54, 1.807) is 10.9 Å². The van der Waals surface area contributed by atoms with Gasteiger partial charge in [0.25, 0.3) is 5.56 Å². The monoisotopic (exact) mass is 310 g/mol. The molecule has 0 bridgehead atoms. The Morgan fingerprint density at radius 3 is 2.65 bits per heavy atom. The number of fused-ring (bicyclic) bond motifs is 1. The van der Waals surface area contributed by atoms with Crippen LogP contribution in [0.4, 0.5) is 0 Å². The second kappa shape index (κ2) is 6.76. The summed E-state index contributed by atoms with van der Waals surface area (Å²) in [6.45, 7) is 5.10. The Kier molecular flexibility index (Phi) is 5.27. The number of thiol groups is 1. The molecule has 2 aromatic rings. The van der Waals surface area contributed by atoms with Crippen molar-refractivity contribution < 1.29 is 0 Å². The van der Waals surface area contributed by atoms with Crippen LogP contribution in [0.3, 0.4) is 0 Å². The highest BCUT2D eigenvalue weighted by Crippen LogP contribution is 2.33. The molecule has 0 radical (unpaired) electrons. The summed E-state index contributed by atoms with van der Waals surface area (Å²) in [5.41, 5.74) is 0.177. The van der Waals surface area contributed by atoms with Gasteiger partial charge in [-0.05, 0) is 35.5 Å². The van der Waals surface area contributed by atoms with Crippen molar-refractivity contribution in [1.29, 1.82) is 0 Å². The lowest BCUT2D eigenvalue weighted by molar-refractivity contribution is 0.228. The van der Waals surface area contributed by atoms with Crippen LogP contribution in [-0.4, -0.2) is 15.3 Å². The minimum Gasteiger partial charge on any atom is -0.298 e. The molecule has 0 aromatic carbocycles. The fourth-order valence-electron chi connectivity index (χ4n) is 2.92. The van der Waals surface area contributed by atoms with E-state index in [4.69, 9.17) is 0 Å². The molecule has 0 atom stereocenters. The molecule has 0 fully saturated rings. The SMILES string of the molecule is CCCC(CS)(CCC)Cn1cnc2sccc2c1=O. The summed E-state index contributed by atoms with van der Waals surface area (Å²) in [5.74, 6) is 0.808. The lowest BCUT2D eigenvalue weighted by atomic mass is 9.81. The topological polar surface area (TPSA) is 34.9 Å². The van der Waals surface area contributed by atoms with Gasteiger partial charge in [-0.2, -0.15) is 12.6 Å². The van der Waals surface area contributed by atoms with Crippen LogP contribution in [0.2, 0.25) is 0 Å². The molecule has 2 aromatic heterocycles. The zero-order chi connectivity index (χ0) is 14.6. The lowest BCUT2D eigenvalue weighted by Gasteiger charge is -2.32. The van der Waals surface area contributed by atoms with Crippen molar-refractivity contribution in [2.75, 3.05) is 5.75 Å². The van der Waals surface area contributed by atoms with Gasteiger partial charge in [0.05, 0.1) is 11.7 Å². The predicted octanol–water partition coefficient (Wildman–Crippen LogP) is 3.97. The molecule has 3 nitrogen and oxygen atoms in total. The lowest BCUT2D eigenvalue weighted by Crippen LogP contribution is -2.34. The summed E-state index contributed by atoms with van der Waals surface area (Å²) in [5, 5.41) is 2.66. The zero-order valence-electron chi connectivity index (χ0n) is 12.1. The van der Waals surface area contributed by atoms with Crippen LogP contribution < -0.4 is 5.56 Å². The van der Waals surface area contributed by atoms with Crippen LogP contribution in [0.15, 0.2) is 22.6 Å². The van der Waals surface area contributed by atoms with Crippen LogP contribution in [0, 0.1) is 5.41 Å². The smallest absolute Gasteiger partial charge is 0.262 e. The third-order valence-electron chi connectivity index (χ3n) is 3.85. The quantitative estimate of drug-likeness (QED) is 0.785. The standard InChI is InChI=1S/C15H22N2OS2/c1-3-6-15(10-19,7-4-2)9-17-11-16-13-12(14(17)18)5-8-20-13/h5,8,11,19H,3-4,6-7,9-10H2,1-2H3. The fourth-order valence-corrected chi connectivity index (χ4v) is 4.06. The number of hydrogen-bond acceptors (Lipinski definition) is 4. The van der Waals surface area contributed by atoms with Gasteiger partial charge in [0.15, 0.2) is 0 Å². The summed E-state index contributed by atoms with van der Waals surface area (Å²) in [6.07, 6.45) is 6.12. The van der Waals surface area contributed by atoms with E-state index in [0.717, 1.165) is 48.2 Å². The molecule has 0 saturated heterocycles. The van der Waals surface area contributed by atoms with Crippen molar-refractivity contribution in [3.8, 4) is 0 Å². The minimum absolute atomic E-state index is 0.0783. The van der Waals surface area contributed by atoms with E-state index < -0.39 is 0 Å². The van der Waals surface area contributed by atoms with Gasteiger partial charge in [-0.25, -0.2) is 4.98 Å². The Bertz CT molecular complexity index is 612. The van der Waals surface area contributed by atoms with Gasteiger partial charge < -0.3 is 0 Å². The normalized spacial score (nSPS) is 12.2. The first-order valence-electron chi connectivity index (χ1n) is 7.19. The highest BCUT2D eigenvalue weighted by atomic mass is 32.1. The van der Waals surface area contributed by atoms with Crippen LogP contribution in [-0.2, 0) is 6.54 Å². The molecule has 110 valence electrons. The van der Waals surface area contributed by atoms with Gasteiger partial charge >= 0.3 is 0 Å². The molecule has 0 aliphatic heterocycles. The molecule has 0 spiro atoms. The summed E-state index contributed by atoms with van der Waals surface area (Å²) in [4.78, 5) is 17.7. The number of hydrogen-bond donors (Lipinski definition) is 1. The van der Waals surface area contributed by atoms with E-state index in [2.05, 4.69) is 31.5 Å².